The lowest BCUT2D eigenvalue weighted by molar-refractivity contribution is -0.118. The van der Waals surface area contributed by atoms with Crippen molar-refractivity contribution in [1.29, 1.82) is 0 Å². The van der Waals surface area contributed by atoms with Crippen LogP contribution in [0.2, 0.25) is 5.02 Å². The Kier molecular flexibility index (Phi) is 5.60. The van der Waals surface area contributed by atoms with Crippen LogP contribution in [0.3, 0.4) is 0 Å². The van der Waals surface area contributed by atoms with Crippen LogP contribution in [0.5, 0.6) is 5.75 Å². The number of esters is 1. The number of carbonyl (C=O) groups excluding carboxylic acids is 2. The van der Waals surface area contributed by atoms with Gasteiger partial charge >= 0.3 is 5.97 Å². The van der Waals surface area contributed by atoms with E-state index in [9.17, 15) is 9.59 Å². The molecule has 120 valence electrons. The number of methoxy groups -OCH3 is 1. The topological polar surface area (TPSA) is 64.6 Å². The zero-order valence-electron chi connectivity index (χ0n) is 12.8. The van der Waals surface area contributed by atoms with Crippen molar-refractivity contribution in [3.8, 4) is 5.75 Å². The van der Waals surface area contributed by atoms with E-state index in [1.165, 1.54) is 13.2 Å². The van der Waals surface area contributed by atoms with Gasteiger partial charge in [0.1, 0.15) is 5.75 Å². The molecule has 5 nitrogen and oxygen atoms in total. The van der Waals surface area contributed by atoms with Gasteiger partial charge in [-0.15, -0.1) is 0 Å². The highest BCUT2D eigenvalue weighted by atomic mass is 35.5. The van der Waals surface area contributed by atoms with Gasteiger partial charge in [0.15, 0.2) is 6.61 Å². The first-order valence-electron chi connectivity index (χ1n) is 6.87. The molecule has 0 atom stereocenters. The smallest absolute Gasteiger partial charge is 0.337 e. The van der Waals surface area contributed by atoms with Crippen LogP contribution in [0.15, 0.2) is 42.5 Å². The molecule has 2 aromatic rings. The number of hydrogen-bond acceptors (Lipinski definition) is 4. The zero-order chi connectivity index (χ0) is 16.8. The molecule has 0 aliphatic heterocycles. The summed E-state index contributed by atoms with van der Waals surface area (Å²) in [5, 5.41) is 3.27. The van der Waals surface area contributed by atoms with Crippen LogP contribution in [0.1, 0.15) is 15.9 Å². The van der Waals surface area contributed by atoms with Crippen molar-refractivity contribution in [3.63, 3.8) is 0 Å². The Bertz CT molecular complexity index is 730. The van der Waals surface area contributed by atoms with E-state index in [0.29, 0.717) is 22.0 Å². The number of nitrogens with one attached hydrogen (secondary N) is 1. The Balaban J connectivity index is 1.94. The Hall–Kier alpha value is -2.53. The molecule has 1 amide bonds. The normalized spacial score (nSPS) is 10.0. The van der Waals surface area contributed by atoms with Gasteiger partial charge in [0.25, 0.3) is 5.91 Å². The predicted octanol–water partition coefficient (Wildman–Crippen LogP) is 3.45. The fourth-order valence-electron chi connectivity index (χ4n) is 1.85. The van der Waals surface area contributed by atoms with Gasteiger partial charge in [0, 0.05) is 10.7 Å². The highest BCUT2D eigenvalue weighted by Crippen LogP contribution is 2.20. The predicted molar refractivity (Wildman–Crippen MR) is 88.1 cm³/mol. The molecule has 0 heterocycles. The van der Waals surface area contributed by atoms with Crippen LogP contribution in [-0.2, 0) is 9.53 Å². The second kappa shape index (κ2) is 7.65. The van der Waals surface area contributed by atoms with Gasteiger partial charge in [0.2, 0.25) is 0 Å². The van der Waals surface area contributed by atoms with Crippen LogP contribution in [0, 0.1) is 6.92 Å². The Morgan fingerprint density at radius 2 is 1.96 bits per heavy atom. The molecular formula is C17H16ClNO4. The number of amides is 1. The summed E-state index contributed by atoms with van der Waals surface area (Å²) in [5.41, 5.74) is 1.88. The number of benzene rings is 2. The maximum atomic E-state index is 11.9. The minimum absolute atomic E-state index is 0.184. The van der Waals surface area contributed by atoms with Crippen molar-refractivity contribution in [2.45, 2.75) is 6.92 Å². The summed E-state index contributed by atoms with van der Waals surface area (Å²) in [4.78, 5) is 23.3. The summed E-state index contributed by atoms with van der Waals surface area (Å²) in [5.74, 6) is -0.382. The molecule has 6 heteroatoms. The minimum atomic E-state index is -0.464. The third-order valence-electron chi connectivity index (χ3n) is 3.08. The number of anilines is 1. The number of aryl methyl sites for hydroxylation is 1. The van der Waals surface area contributed by atoms with Gasteiger partial charge in [0.05, 0.1) is 12.7 Å². The largest absolute Gasteiger partial charge is 0.484 e. The summed E-state index contributed by atoms with van der Waals surface area (Å²) >= 11 is 6.00. The molecule has 0 saturated carbocycles. The van der Waals surface area contributed by atoms with Crippen LogP contribution >= 0.6 is 11.6 Å². The van der Waals surface area contributed by atoms with Crippen molar-refractivity contribution >= 4 is 29.2 Å². The number of rotatable bonds is 5. The highest BCUT2D eigenvalue weighted by molar-refractivity contribution is 6.31. The summed E-state index contributed by atoms with van der Waals surface area (Å²) in [6.07, 6.45) is 0. The van der Waals surface area contributed by atoms with Crippen LogP contribution < -0.4 is 10.1 Å². The zero-order valence-corrected chi connectivity index (χ0v) is 13.5. The van der Waals surface area contributed by atoms with E-state index in [4.69, 9.17) is 16.3 Å². The van der Waals surface area contributed by atoms with E-state index in [-0.39, 0.29) is 12.5 Å². The van der Waals surface area contributed by atoms with E-state index in [1.807, 2.05) is 13.0 Å². The van der Waals surface area contributed by atoms with Gasteiger partial charge in [-0.3, -0.25) is 4.79 Å². The molecule has 0 bridgehead atoms. The lowest BCUT2D eigenvalue weighted by atomic mass is 10.2. The highest BCUT2D eigenvalue weighted by Gasteiger charge is 2.08. The number of halogens is 1. The molecule has 0 aromatic heterocycles. The first-order valence-corrected chi connectivity index (χ1v) is 7.24. The van der Waals surface area contributed by atoms with Gasteiger partial charge in [-0.2, -0.15) is 0 Å². The lowest BCUT2D eigenvalue weighted by Crippen LogP contribution is -2.20. The second-order valence-electron chi connectivity index (χ2n) is 4.82. The molecule has 0 radical (unpaired) electrons. The molecular weight excluding hydrogens is 318 g/mol. The quantitative estimate of drug-likeness (QED) is 0.851. The minimum Gasteiger partial charge on any atom is -0.484 e. The van der Waals surface area contributed by atoms with Crippen molar-refractivity contribution in [1.82, 2.24) is 0 Å². The van der Waals surface area contributed by atoms with Gasteiger partial charge in [-0.25, -0.2) is 4.79 Å². The monoisotopic (exact) mass is 333 g/mol. The van der Waals surface area contributed by atoms with E-state index in [2.05, 4.69) is 10.1 Å². The standard InChI is InChI=1S/C17H16ClNO4/c1-11-6-7-13(9-15(11)18)19-16(20)10-23-14-5-3-4-12(8-14)17(21)22-2/h3-9H,10H2,1-2H3,(H,19,20). The second-order valence-corrected chi connectivity index (χ2v) is 5.23. The molecule has 0 aliphatic carbocycles. The van der Waals surface area contributed by atoms with Crippen LogP contribution in [0.25, 0.3) is 0 Å². The fraction of sp³-hybridized carbons (Fsp3) is 0.176. The Morgan fingerprint density at radius 3 is 2.65 bits per heavy atom. The lowest BCUT2D eigenvalue weighted by Gasteiger charge is -2.09. The van der Waals surface area contributed by atoms with Gasteiger partial charge in [-0.05, 0) is 42.8 Å². The molecule has 2 aromatic carbocycles. The fourth-order valence-corrected chi connectivity index (χ4v) is 2.03. The SMILES string of the molecule is COC(=O)c1cccc(OCC(=O)Nc2ccc(C)c(Cl)c2)c1. The maximum Gasteiger partial charge on any atom is 0.337 e. The van der Waals surface area contributed by atoms with Gasteiger partial charge < -0.3 is 14.8 Å². The number of ether oxygens (including phenoxy) is 2. The number of carbonyl (C=O) groups is 2. The molecule has 1 N–H and O–H groups in total. The van der Waals surface area contributed by atoms with E-state index >= 15 is 0 Å². The van der Waals surface area contributed by atoms with E-state index in [1.54, 1.807) is 30.3 Å². The van der Waals surface area contributed by atoms with E-state index in [0.717, 1.165) is 5.56 Å². The van der Waals surface area contributed by atoms with Crippen molar-refractivity contribution in [2.24, 2.45) is 0 Å². The Morgan fingerprint density at radius 1 is 1.17 bits per heavy atom. The first kappa shape index (κ1) is 16.8. The van der Waals surface area contributed by atoms with Crippen LogP contribution in [-0.4, -0.2) is 25.6 Å². The molecule has 0 fully saturated rings. The van der Waals surface area contributed by atoms with Crippen molar-refractivity contribution < 1.29 is 19.1 Å². The molecule has 23 heavy (non-hydrogen) atoms. The van der Waals surface area contributed by atoms with Crippen molar-refractivity contribution in [3.05, 3.63) is 58.6 Å². The maximum absolute atomic E-state index is 11.9. The average Bonchev–Trinajstić information content (AvgIpc) is 2.56. The summed E-state index contributed by atoms with van der Waals surface area (Å²) < 4.78 is 10.0. The average molecular weight is 334 g/mol. The molecule has 0 spiro atoms. The number of hydrogen-bond donors (Lipinski definition) is 1. The van der Waals surface area contributed by atoms with Gasteiger partial charge in [-0.1, -0.05) is 23.7 Å². The summed E-state index contributed by atoms with van der Waals surface area (Å²) in [6.45, 7) is 1.70. The van der Waals surface area contributed by atoms with Crippen molar-refractivity contribution in [2.75, 3.05) is 19.0 Å². The third kappa shape index (κ3) is 4.72. The summed E-state index contributed by atoms with van der Waals surface area (Å²) in [6, 6.07) is 11.7. The molecule has 0 unspecified atom stereocenters. The molecule has 0 saturated heterocycles. The summed E-state index contributed by atoms with van der Waals surface area (Å²) in [7, 11) is 1.30. The molecule has 2 rings (SSSR count). The van der Waals surface area contributed by atoms with E-state index < -0.39 is 5.97 Å². The molecule has 0 aliphatic rings. The Labute approximate surface area is 139 Å². The first-order chi connectivity index (χ1) is 11.0. The third-order valence-corrected chi connectivity index (χ3v) is 3.49. The van der Waals surface area contributed by atoms with Crippen LogP contribution in [0.4, 0.5) is 5.69 Å².